The van der Waals surface area contributed by atoms with Crippen LogP contribution in [0.25, 0.3) is 17.0 Å². The number of carbonyl (C=O) groups excluding carboxylic acids is 1. The minimum atomic E-state index is -0.648. The van der Waals surface area contributed by atoms with Crippen LogP contribution in [0.15, 0.2) is 43.1 Å². The van der Waals surface area contributed by atoms with E-state index in [0.29, 0.717) is 22.7 Å². The SMILES string of the molecule is NC(=O)c1cc(-c2ccncn2)c(C2=CCC=CO2)nc1N. The molecule has 2 aromatic rings. The summed E-state index contributed by atoms with van der Waals surface area (Å²) < 4.78 is 5.48. The largest absolute Gasteiger partial charge is 0.463 e. The number of hydrogen-bond donors (Lipinski definition) is 2. The van der Waals surface area contributed by atoms with Crippen molar-refractivity contribution in [3.05, 3.63) is 54.3 Å². The van der Waals surface area contributed by atoms with Crippen molar-refractivity contribution in [2.45, 2.75) is 6.42 Å². The van der Waals surface area contributed by atoms with Gasteiger partial charge < -0.3 is 16.2 Å². The molecule has 3 rings (SSSR count). The molecule has 0 bridgehead atoms. The molecule has 7 heteroatoms. The van der Waals surface area contributed by atoms with E-state index in [1.165, 1.54) is 6.33 Å². The van der Waals surface area contributed by atoms with Gasteiger partial charge in [0.25, 0.3) is 5.91 Å². The zero-order valence-corrected chi connectivity index (χ0v) is 11.6. The van der Waals surface area contributed by atoms with E-state index in [4.69, 9.17) is 16.2 Å². The van der Waals surface area contributed by atoms with Gasteiger partial charge in [-0.3, -0.25) is 4.79 Å². The van der Waals surface area contributed by atoms with Crippen molar-refractivity contribution in [2.24, 2.45) is 5.73 Å². The van der Waals surface area contributed by atoms with Crippen LogP contribution < -0.4 is 11.5 Å². The van der Waals surface area contributed by atoms with E-state index >= 15 is 0 Å². The van der Waals surface area contributed by atoms with Crippen molar-refractivity contribution < 1.29 is 9.53 Å². The maximum Gasteiger partial charge on any atom is 0.252 e. The molecule has 0 unspecified atom stereocenters. The zero-order valence-electron chi connectivity index (χ0n) is 11.6. The summed E-state index contributed by atoms with van der Waals surface area (Å²) in [5, 5.41) is 0. The van der Waals surface area contributed by atoms with Gasteiger partial charge in [0.15, 0.2) is 0 Å². The second-order valence-electron chi connectivity index (χ2n) is 4.57. The van der Waals surface area contributed by atoms with Crippen molar-refractivity contribution in [1.29, 1.82) is 0 Å². The number of hydrogen-bond acceptors (Lipinski definition) is 6. The molecule has 4 N–H and O–H groups in total. The number of nitrogen functional groups attached to an aromatic ring is 1. The standard InChI is InChI=1S/C15H13N5O2/c16-14-10(15(17)21)7-9(11-4-5-18-8-19-11)13(20-14)12-3-1-2-6-22-12/h2-8H,1H2,(H2,16,20)(H2,17,21). The summed E-state index contributed by atoms with van der Waals surface area (Å²) in [7, 11) is 0. The first-order valence-electron chi connectivity index (χ1n) is 6.55. The number of carbonyl (C=O) groups is 1. The average Bonchev–Trinajstić information content (AvgIpc) is 2.56. The fourth-order valence-corrected chi connectivity index (χ4v) is 2.11. The third-order valence-electron chi connectivity index (χ3n) is 3.14. The number of amides is 1. The number of ether oxygens (including phenoxy) is 1. The highest BCUT2D eigenvalue weighted by atomic mass is 16.5. The van der Waals surface area contributed by atoms with E-state index in [1.54, 1.807) is 24.6 Å². The summed E-state index contributed by atoms with van der Waals surface area (Å²) in [6.07, 6.45) is 9.06. The second-order valence-corrected chi connectivity index (χ2v) is 4.57. The lowest BCUT2D eigenvalue weighted by Gasteiger charge is -2.15. The predicted molar refractivity (Wildman–Crippen MR) is 81.0 cm³/mol. The summed E-state index contributed by atoms with van der Waals surface area (Å²) in [6, 6.07) is 3.28. The number of anilines is 1. The summed E-state index contributed by atoms with van der Waals surface area (Å²) in [4.78, 5) is 23.9. The molecule has 0 saturated heterocycles. The van der Waals surface area contributed by atoms with Crippen molar-refractivity contribution in [3.8, 4) is 11.3 Å². The topological polar surface area (TPSA) is 117 Å². The number of allylic oxidation sites excluding steroid dienone is 2. The summed E-state index contributed by atoms with van der Waals surface area (Å²) in [5.41, 5.74) is 13.0. The highest BCUT2D eigenvalue weighted by Crippen LogP contribution is 2.31. The zero-order chi connectivity index (χ0) is 15.5. The molecule has 0 saturated carbocycles. The third kappa shape index (κ3) is 2.51. The molecule has 0 spiro atoms. The highest BCUT2D eigenvalue weighted by molar-refractivity contribution is 5.99. The molecule has 0 fully saturated rings. The Bertz CT molecular complexity index is 784. The number of nitrogens with two attached hydrogens (primary N) is 2. The molecule has 0 atom stereocenters. The van der Waals surface area contributed by atoms with E-state index in [9.17, 15) is 4.79 Å². The van der Waals surface area contributed by atoms with E-state index in [1.807, 2.05) is 12.2 Å². The van der Waals surface area contributed by atoms with Crippen LogP contribution in [-0.4, -0.2) is 20.9 Å². The molecule has 0 aliphatic carbocycles. The summed E-state index contributed by atoms with van der Waals surface area (Å²) in [5.74, 6) is -0.0384. The van der Waals surface area contributed by atoms with Crippen molar-refractivity contribution in [3.63, 3.8) is 0 Å². The molecule has 110 valence electrons. The van der Waals surface area contributed by atoms with Crippen LogP contribution in [0.2, 0.25) is 0 Å². The summed E-state index contributed by atoms with van der Waals surface area (Å²) in [6.45, 7) is 0. The van der Waals surface area contributed by atoms with Gasteiger partial charge in [0.1, 0.15) is 23.6 Å². The van der Waals surface area contributed by atoms with Crippen LogP contribution in [0.1, 0.15) is 22.5 Å². The van der Waals surface area contributed by atoms with Crippen LogP contribution in [0.4, 0.5) is 5.82 Å². The lowest BCUT2D eigenvalue weighted by molar-refractivity contribution is 0.100. The first-order valence-corrected chi connectivity index (χ1v) is 6.55. The molecule has 2 aromatic heterocycles. The number of primary amides is 1. The van der Waals surface area contributed by atoms with Gasteiger partial charge in [0.2, 0.25) is 0 Å². The van der Waals surface area contributed by atoms with Gasteiger partial charge in [-0.2, -0.15) is 0 Å². The summed E-state index contributed by atoms with van der Waals surface area (Å²) >= 11 is 0. The van der Waals surface area contributed by atoms with Crippen LogP contribution >= 0.6 is 0 Å². The maximum atomic E-state index is 11.5. The number of aromatic nitrogens is 3. The van der Waals surface area contributed by atoms with Crippen LogP contribution in [-0.2, 0) is 4.74 Å². The Balaban J connectivity index is 2.21. The van der Waals surface area contributed by atoms with Gasteiger partial charge in [-0.05, 0) is 30.7 Å². The minimum Gasteiger partial charge on any atom is -0.463 e. The number of pyridine rings is 1. The monoisotopic (exact) mass is 295 g/mol. The second kappa shape index (κ2) is 5.65. The molecule has 1 aliphatic rings. The fraction of sp³-hybridized carbons (Fsp3) is 0.0667. The Morgan fingerprint density at radius 3 is 2.86 bits per heavy atom. The van der Waals surface area contributed by atoms with Crippen molar-refractivity contribution in [2.75, 3.05) is 5.73 Å². The van der Waals surface area contributed by atoms with Gasteiger partial charge in [0.05, 0.1) is 17.5 Å². The van der Waals surface area contributed by atoms with Crippen molar-refractivity contribution in [1.82, 2.24) is 15.0 Å². The Morgan fingerprint density at radius 1 is 1.36 bits per heavy atom. The maximum absolute atomic E-state index is 11.5. The molecule has 0 aromatic carbocycles. The molecular weight excluding hydrogens is 282 g/mol. The Kier molecular flexibility index (Phi) is 3.53. The van der Waals surface area contributed by atoms with Gasteiger partial charge in [-0.1, -0.05) is 0 Å². The molecule has 1 amide bonds. The quantitative estimate of drug-likeness (QED) is 0.886. The third-order valence-corrected chi connectivity index (χ3v) is 3.14. The molecule has 0 radical (unpaired) electrons. The van der Waals surface area contributed by atoms with Gasteiger partial charge in [-0.25, -0.2) is 15.0 Å². The van der Waals surface area contributed by atoms with Crippen LogP contribution in [0.3, 0.4) is 0 Å². The predicted octanol–water partition coefficient (Wildman–Crippen LogP) is 1.49. The van der Waals surface area contributed by atoms with Crippen LogP contribution in [0, 0.1) is 0 Å². The van der Waals surface area contributed by atoms with E-state index in [0.717, 1.165) is 6.42 Å². The molecule has 22 heavy (non-hydrogen) atoms. The fourth-order valence-electron chi connectivity index (χ4n) is 2.11. The van der Waals surface area contributed by atoms with E-state index in [2.05, 4.69) is 15.0 Å². The minimum absolute atomic E-state index is 0.0550. The van der Waals surface area contributed by atoms with Gasteiger partial charge in [0, 0.05) is 11.8 Å². The van der Waals surface area contributed by atoms with Gasteiger partial charge in [-0.15, -0.1) is 0 Å². The normalized spacial score (nSPS) is 13.4. The van der Waals surface area contributed by atoms with E-state index < -0.39 is 5.91 Å². The molecular formula is C15H13N5O2. The highest BCUT2D eigenvalue weighted by Gasteiger charge is 2.19. The lowest BCUT2D eigenvalue weighted by Crippen LogP contribution is -2.16. The smallest absolute Gasteiger partial charge is 0.252 e. The Labute approximate surface area is 126 Å². The van der Waals surface area contributed by atoms with E-state index in [-0.39, 0.29) is 11.4 Å². The average molecular weight is 295 g/mol. The molecule has 1 aliphatic heterocycles. The first-order chi connectivity index (χ1) is 10.7. The Morgan fingerprint density at radius 2 is 2.23 bits per heavy atom. The molecule has 3 heterocycles. The number of rotatable bonds is 3. The van der Waals surface area contributed by atoms with Crippen molar-refractivity contribution >= 4 is 17.5 Å². The number of nitrogens with zero attached hydrogens (tertiary/aromatic N) is 3. The van der Waals surface area contributed by atoms with Gasteiger partial charge >= 0.3 is 0 Å². The molecule has 7 nitrogen and oxygen atoms in total. The Hall–Kier alpha value is -3.22. The first kappa shape index (κ1) is 13.7. The lowest BCUT2D eigenvalue weighted by atomic mass is 10.0. The van der Waals surface area contributed by atoms with Crippen LogP contribution in [0.5, 0.6) is 0 Å².